The molecule has 2 unspecified atom stereocenters. The highest BCUT2D eigenvalue weighted by Crippen LogP contribution is 2.00. The number of nitrogens with one attached hydrogen (secondary N) is 2. The van der Waals surface area contributed by atoms with Gasteiger partial charge in [-0.2, -0.15) is 0 Å². The van der Waals surface area contributed by atoms with E-state index >= 15 is 0 Å². The highest BCUT2D eigenvalue weighted by Gasteiger charge is 2.02. The van der Waals surface area contributed by atoms with Crippen molar-refractivity contribution in [2.24, 2.45) is 21.5 Å². The molecular weight excluding hydrogens is 308 g/mol. The average Bonchev–Trinajstić information content (AvgIpc) is 2.50. The molecule has 8 nitrogen and oxygen atoms in total. The molecule has 0 aliphatic rings. The number of rotatable bonds is 13. The Kier molecular flexibility index (Phi) is 14.1. The lowest BCUT2D eigenvalue weighted by molar-refractivity contribution is 0.179. The first-order valence-electron chi connectivity index (χ1n) is 8.60. The first kappa shape index (κ1) is 22.5. The first-order chi connectivity index (χ1) is 11.5. The Labute approximate surface area is 146 Å². The molecule has 0 aromatic carbocycles. The standard InChI is InChI=1S/C16H36N6O2/c1-13(11-23-3)21-15(17)19-9-7-5-6-8-10-20-16(18)22-14(2)12-24-4/h13-14H,5-12H2,1-4H3,(H3,17,19,21)(H3,18,20,22). The second-order valence-corrected chi connectivity index (χ2v) is 5.95. The van der Waals surface area contributed by atoms with Crippen molar-refractivity contribution in [3.63, 3.8) is 0 Å². The molecule has 8 heteroatoms. The van der Waals surface area contributed by atoms with E-state index in [2.05, 4.69) is 20.6 Å². The van der Waals surface area contributed by atoms with E-state index in [1.54, 1.807) is 14.2 Å². The van der Waals surface area contributed by atoms with Crippen molar-refractivity contribution in [2.75, 3.05) is 40.5 Å². The minimum atomic E-state index is 0.169. The van der Waals surface area contributed by atoms with Gasteiger partial charge < -0.3 is 31.6 Å². The van der Waals surface area contributed by atoms with Crippen LogP contribution in [0.25, 0.3) is 0 Å². The highest BCUT2D eigenvalue weighted by molar-refractivity contribution is 5.78. The Morgan fingerprint density at radius 2 is 1.17 bits per heavy atom. The van der Waals surface area contributed by atoms with Crippen LogP contribution in [0.15, 0.2) is 9.98 Å². The van der Waals surface area contributed by atoms with Crippen molar-refractivity contribution in [3.05, 3.63) is 0 Å². The van der Waals surface area contributed by atoms with Gasteiger partial charge >= 0.3 is 0 Å². The maximum atomic E-state index is 5.80. The summed E-state index contributed by atoms with van der Waals surface area (Å²) in [5, 5.41) is 6.17. The Bertz CT molecular complexity index is 328. The predicted molar refractivity (Wildman–Crippen MR) is 100 cm³/mol. The molecule has 0 aliphatic carbocycles. The molecule has 0 spiro atoms. The van der Waals surface area contributed by atoms with Gasteiger partial charge in [0.15, 0.2) is 11.9 Å². The zero-order chi connectivity index (χ0) is 18.2. The van der Waals surface area contributed by atoms with Gasteiger partial charge in [0.2, 0.25) is 0 Å². The summed E-state index contributed by atoms with van der Waals surface area (Å²) in [6.07, 6.45) is 4.24. The monoisotopic (exact) mass is 344 g/mol. The van der Waals surface area contributed by atoms with Crippen LogP contribution >= 0.6 is 0 Å². The maximum Gasteiger partial charge on any atom is 0.188 e. The lowest BCUT2D eigenvalue weighted by Gasteiger charge is -2.13. The van der Waals surface area contributed by atoms with Gasteiger partial charge in [0.25, 0.3) is 0 Å². The summed E-state index contributed by atoms with van der Waals surface area (Å²) >= 11 is 0. The van der Waals surface area contributed by atoms with Gasteiger partial charge in [0.1, 0.15) is 0 Å². The largest absolute Gasteiger partial charge is 0.383 e. The van der Waals surface area contributed by atoms with Gasteiger partial charge in [-0.25, -0.2) is 0 Å². The zero-order valence-electron chi connectivity index (χ0n) is 15.7. The van der Waals surface area contributed by atoms with E-state index in [1.807, 2.05) is 13.8 Å². The third-order valence-corrected chi connectivity index (χ3v) is 3.25. The van der Waals surface area contributed by atoms with Gasteiger partial charge in [-0.3, -0.25) is 9.98 Å². The Morgan fingerprint density at radius 3 is 1.50 bits per heavy atom. The molecule has 0 amide bonds. The zero-order valence-corrected chi connectivity index (χ0v) is 15.7. The number of methoxy groups -OCH3 is 2. The van der Waals surface area contributed by atoms with Crippen molar-refractivity contribution in [1.82, 2.24) is 10.6 Å². The van der Waals surface area contributed by atoms with Gasteiger partial charge in [-0.1, -0.05) is 12.8 Å². The molecule has 0 bridgehead atoms. The van der Waals surface area contributed by atoms with Crippen molar-refractivity contribution >= 4 is 11.9 Å². The number of aliphatic imine (C=N–C) groups is 2. The molecule has 0 heterocycles. The van der Waals surface area contributed by atoms with Crippen LogP contribution in [0.5, 0.6) is 0 Å². The van der Waals surface area contributed by atoms with E-state index in [4.69, 9.17) is 20.9 Å². The molecule has 0 fully saturated rings. The molecule has 0 rings (SSSR count). The summed E-state index contributed by atoms with van der Waals surface area (Å²) in [6.45, 7) is 6.70. The number of ether oxygens (including phenoxy) is 2. The van der Waals surface area contributed by atoms with Crippen LogP contribution in [0.3, 0.4) is 0 Å². The summed E-state index contributed by atoms with van der Waals surface area (Å²) in [4.78, 5) is 8.60. The molecule has 142 valence electrons. The van der Waals surface area contributed by atoms with E-state index in [1.165, 1.54) is 0 Å². The third kappa shape index (κ3) is 14.1. The summed E-state index contributed by atoms with van der Waals surface area (Å²) in [6, 6.07) is 0.338. The Morgan fingerprint density at radius 1 is 0.792 bits per heavy atom. The maximum absolute atomic E-state index is 5.80. The van der Waals surface area contributed by atoms with Gasteiger partial charge in [-0.15, -0.1) is 0 Å². The van der Waals surface area contributed by atoms with Gasteiger partial charge in [-0.05, 0) is 26.7 Å². The molecule has 0 saturated heterocycles. The van der Waals surface area contributed by atoms with Crippen LogP contribution in [0, 0.1) is 0 Å². The van der Waals surface area contributed by atoms with E-state index in [0.717, 1.165) is 38.8 Å². The molecule has 0 saturated carbocycles. The summed E-state index contributed by atoms with van der Waals surface area (Å²) in [5.74, 6) is 0.960. The SMILES string of the molecule is COCC(C)NC(N)=NCCCCCCN=C(N)NC(C)COC. The first-order valence-corrected chi connectivity index (χ1v) is 8.60. The lowest BCUT2D eigenvalue weighted by atomic mass is 10.2. The number of hydrogen-bond donors (Lipinski definition) is 4. The third-order valence-electron chi connectivity index (χ3n) is 3.25. The molecule has 2 atom stereocenters. The van der Waals surface area contributed by atoms with Crippen molar-refractivity contribution in [1.29, 1.82) is 0 Å². The van der Waals surface area contributed by atoms with Crippen molar-refractivity contribution < 1.29 is 9.47 Å². The number of unbranched alkanes of at least 4 members (excludes halogenated alkanes) is 3. The van der Waals surface area contributed by atoms with E-state index in [9.17, 15) is 0 Å². The lowest BCUT2D eigenvalue weighted by Crippen LogP contribution is -2.40. The minimum Gasteiger partial charge on any atom is -0.383 e. The molecular formula is C16H36N6O2. The number of guanidine groups is 2. The number of nitrogens with zero attached hydrogens (tertiary/aromatic N) is 2. The fraction of sp³-hybridized carbons (Fsp3) is 0.875. The Balaban J connectivity index is 3.62. The van der Waals surface area contributed by atoms with Crippen LogP contribution in [-0.2, 0) is 9.47 Å². The predicted octanol–water partition coefficient (Wildman–Crippen LogP) is 0.425. The molecule has 0 aromatic rings. The van der Waals surface area contributed by atoms with Gasteiger partial charge in [0, 0.05) is 39.4 Å². The van der Waals surface area contributed by atoms with Crippen LogP contribution in [0.1, 0.15) is 39.5 Å². The normalized spacial score (nSPS) is 15.2. The molecule has 6 N–H and O–H groups in total. The summed E-state index contributed by atoms with van der Waals surface area (Å²) in [7, 11) is 3.33. The molecule has 0 aromatic heterocycles. The van der Waals surface area contributed by atoms with Crippen LogP contribution in [0.4, 0.5) is 0 Å². The molecule has 24 heavy (non-hydrogen) atoms. The second-order valence-electron chi connectivity index (χ2n) is 5.95. The van der Waals surface area contributed by atoms with Crippen LogP contribution < -0.4 is 22.1 Å². The molecule has 0 aliphatic heterocycles. The summed E-state index contributed by atoms with van der Waals surface area (Å²) in [5.41, 5.74) is 11.6. The topological polar surface area (TPSA) is 119 Å². The Hall–Kier alpha value is -1.54. The minimum absolute atomic E-state index is 0.169. The van der Waals surface area contributed by atoms with E-state index in [-0.39, 0.29) is 12.1 Å². The van der Waals surface area contributed by atoms with Crippen LogP contribution in [0.2, 0.25) is 0 Å². The number of hydrogen-bond acceptors (Lipinski definition) is 4. The second kappa shape index (κ2) is 15.0. The van der Waals surface area contributed by atoms with E-state index in [0.29, 0.717) is 25.1 Å². The summed E-state index contributed by atoms with van der Waals surface area (Å²) < 4.78 is 10.1. The average molecular weight is 345 g/mol. The molecule has 0 radical (unpaired) electrons. The van der Waals surface area contributed by atoms with Gasteiger partial charge in [0.05, 0.1) is 13.2 Å². The fourth-order valence-corrected chi connectivity index (χ4v) is 2.16. The smallest absolute Gasteiger partial charge is 0.188 e. The number of nitrogens with two attached hydrogens (primary N) is 2. The van der Waals surface area contributed by atoms with E-state index < -0.39 is 0 Å². The fourth-order valence-electron chi connectivity index (χ4n) is 2.16. The van der Waals surface area contributed by atoms with Crippen molar-refractivity contribution in [2.45, 2.75) is 51.6 Å². The highest BCUT2D eigenvalue weighted by atomic mass is 16.5. The quantitative estimate of drug-likeness (QED) is 0.218. The van der Waals surface area contributed by atoms with Crippen LogP contribution in [-0.4, -0.2) is 64.5 Å². The van der Waals surface area contributed by atoms with Crippen molar-refractivity contribution in [3.8, 4) is 0 Å².